The van der Waals surface area contributed by atoms with Crippen LogP contribution in [0.3, 0.4) is 0 Å². The zero-order valence-electron chi connectivity index (χ0n) is 12.9. The average molecular weight is 302 g/mol. The molecular formula is C16H22N4O2. The molecule has 1 aliphatic heterocycles. The Kier molecular flexibility index (Phi) is 4.02. The van der Waals surface area contributed by atoms with Crippen LogP contribution in [0.5, 0.6) is 0 Å². The summed E-state index contributed by atoms with van der Waals surface area (Å²) >= 11 is 0. The van der Waals surface area contributed by atoms with E-state index in [0.29, 0.717) is 13.0 Å². The number of hydrogen-bond donors (Lipinski definition) is 1. The molecule has 1 aromatic carbocycles. The fourth-order valence-corrected chi connectivity index (χ4v) is 3.09. The number of aromatic nitrogens is 2. The Balaban J connectivity index is 1.73. The lowest BCUT2D eigenvalue weighted by molar-refractivity contribution is -0.132. The zero-order valence-corrected chi connectivity index (χ0v) is 12.9. The van der Waals surface area contributed by atoms with E-state index in [9.17, 15) is 9.59 Å². The Hall–Kier alpha value is -2.08. The van der Waals surface area contributed by atoms with Crippen molar-refractivity contribution in [2.24, 2.45) is 12.8 Å². The standard InChI is InChI=1S/C16H22N4O2/c1-18-13-4-2-3-5-14(13)20(16(18)22)11-8-15(21)19-9-6-12(17)7-10-19/h2-5,12H,6-11,17H2,1H3. The normalized spacial score (nSPS) is 16.4. The minimum Gasteiger partial charge on any atom is -0.343 e. The molecule has 1 saturated heterocycles. The number of carbonyl (C=O) groups excluding carboxylic acids is 1. The first kappa shape index (κ1) is 14.8. The molecule has 0 bridgehead atoms. The predicted molar refractivity (Wildman–Crippen MR) is 85.6 cm³/mol. The number of carbonyl (C=O) groups is 1. The molecule has 0 radical (unpaired) electrons. The summed E-state index contributed by atoms with van der Waals surface area (Å²) in [6.45, 7) is 1.87. The molecule has 2 heterocycles. The van der Waals surface area contributed by atoms with E-state index in [0.717, 1.165) is 37.0 Å². The first-order valence-corrected chi connectivity index (χ1v) is 7.75. The van der Waals surface area contributed by atoms with E-state index in [-0.39, 0.29) is 17.6 Å². The summed E-state index contributed by atoms with van der Waals surface area (Å²) in [4.78, 5) is 26.5. The predicted octanol–water partition coefficient (Wildman–Crippen LogP) is 0.680. The maximum absolute atomic E-state index is 12.3. The molecule has 0 spiro atoms. The largest absolute Gasteiger partial charge is 0.343 e. The summed E-state index contributed by atoms with van der Waals surface area (Å²) in [7, 11) is 1.76. The number of amides is 1. The Morgan fingerprint density at radius 1 is 1.23 bits per heavy atom. The number of aryl methyl sites for hydroxylation is 2. The van der Waals surface area contributed by atoms with Crippen LogP contribution in [0.1, 0.15) is 19.3 Å². The molecule has 0 saturated carbocycles. The minimum atomic E-state index is -0.0744. The summed E-state index contributed by atoms with van der Waals surface area (Å²) in [6, 6.07) is 7.87. The molecule has 6 heteroatoms. The van der Waals surface area contributed by atoms with Gasteiger partial charge in [0.15, 0.2) is 0 Å². The molecule has 6 nitrogen and oxygen atoms in total. The van der Waals surface area contributed by atoms with Crippen LogP contribution in [-0.2, 0) is 18.4 Å². The molecule has 2 aromatic rings. The molecule has 1 fully saturated rings. The zero-order chi connectivity index (χ0) is 15.7. The van der Waals surface area contributed by atoms with E-state index in [1.165, 1.54) is 0 Å². The van der Waals surface area contributed by atoms with Crippen LogP contribution in [0.4, 0.5) is 0 Å². The molecular weight excluding hydrogens is 280 g/mol. The van der Waals surface area contributed by atoms with Crippen LogP contribution in [0.2, 0.25) is 0 Å². The molecule has 1 amide bonds. The van der Waals surface area contributed by atoms with Gasteiger partial charge in [0.05, 0.1) is 11.0 Å². The number of imidazole rings is 1. The highest BCUT2D eigenvalue weighted by Gasteiger charge is 2.20. The Labute approximate surface area is 129 Å². The highest BCUT2D eigenvalue weighted by Crippen LogP contribution is 2.13. The van der Waals surface area contributed by atoms with Crippen molar-refractivity contribution in [1.29, 1.82) is 0 Å². The number of rotatable bonds is 3. The maximum atomic E-state index is 12.3. The van der Waals surface area contributed by atoms with Crippen LogP contribution >= 0.6 is 0 Å². The quantitative estimate of drug-likeness (QED) is 0.906. The van der Waals surface area contributed by atoms with E-state index in [1.54, 1.807) is 16.2 Å². The number of nitrogens with two attached hydrogens (primary N) is 1. The van der Waals surface area contributed by atoms with Crippen molar-refractivity contribution in [2.45, 2.75) is 31.8 Å². The Morgan fingerprint density at radius 3 is 2.55 bits per heavy atom. The fraction of sp³-hybridized carbons (Fsp3) is 0.500. The second-order valence-corrected chi connectivity index (χ2v) is 5.95. The fourth-order valence-electron chi connectivity index (χ4n) is 3.09. The summed E-state index contributed by atoms with van der Waals surface area (Å²) < 4.78 is 3.31. The molecule has 0 aliphatic carbocycles. The molecule has 2 N–H and O–H groups in total. The summed E-state index contributed by atoms with van der Waals surface area (Å²) in [5.74, 6) is 0.103. The van der Waals surface area contributed by atoms with Crippen LogP contribution in [0, 0.1) is 0 Å². The van der Waals surface area contributed by atoms with Crippen molar-refractivity contribution in [3.05, 3.63) is 34.7 Å². The van der Waals surface area contributed by atoms with Gasteiger partial charge in [0.1, 0.15) is 0 Å². The van der Waals surface area contributed by atoms with E-state index in [4.69, 9.17) is 5.73 Å². The summed E-state index contributed by atoms with van der Waals surface area (Å²) in [6.07, 6.45) is 2.07. The second-order valence-electron chi connectivity index (χ2n) is 5.95. The summed E-state index contributed by atoms with van der Waals surface area (Å²) in [5, 5.41) is 0. The van der Waals surface area contributed by atoms with Gasteiger partial charge in [0.2, 0.25) is 5.91 Å². The summed E-state index contributed by atoms with van der Waals surface area (Å²) in [5.41, 5.74) is 7.56. The molecule has 118 valence electrons. The number of piperidine rings is 1. The van der Waals surface area contributed by atoms with Gasteiger partial charge in [-0.2, -0.15) is 0 Å². The van der Waals surface area contributed by atoms with Crippen LogP contribution in [-0.4, -0.2) is 39.1 Å². The van der Waals surface area contributed by atoms with Crippen LogP contribution in [0.15, 0.2) is 29.1 Å². The first-order valence-electron chi connectivity index (χ1n) is 7.75. The van der Waals surface area contributed by atoms with E-state index >= 15 is 0 Å². The Morgan fingerprint density at radius 2 is 1.86 bits per heavy atom. The molecule has 1 aliphatic rings. The van der Waals surface area contributed by atoms with Crippen molar-refractivity contribution in [2.75, 3.05) is 13.1 Å². The van der Waals surface area contributed by atoms with Gasteiger partial charge in [-0.25, -0.2) is 4.79 Å². The van der Waals surface area contributed by atoms with Gasteiger partial charge >= 0.3 is 5.69 Å². The topological polar surface area (TPSA) is 73.3 Å². The van der Waals surface area contributed by atoms with Crippen molar-refractivity contribution >= 4 is 16.9 Å². The lowest BCUT2D eigenvalue weighted by Gasteiger charge is -2.30. The van der Waals surface area contributed by atoms with Gasteiger partial charge in [-0.3, -0.25) is 13.9 Å². The lowest BCUT2D eigenvalue weighted by Crippen LogP contribution is -2.43. The van der Waals surface area contributed by atoms with Gasteiger partial charge < -0.3 is 10.6 Å². The minimum absolute atomic E-state index is 0.0744. The first-order chi connectivity index (χ1) is 10.6. The van der Waals surface area contributed by atoms with E-state index in [2.05, 4.69) is 0 Å². The number of benzene rings is 1. The van der Waals surface area contributed by atoms with Gasteiger partial charge in [0, 0.05) is 39.1 Å². The Bertz CT molecular complexity index is 738. The third-order valence-electron chi connectivity index (χ3n) is 4.49. The average Bonchev–Trinajstić information content (AvgIpc) is 2.78. The molecule has 0 atom stereocenters. The highest BCUT2D eigenvalue weighted by molar-refractivity contribution is 5.78. The van der Waals surface area contributed by atoms with E-state index in [1.807, 2.05) is 29.2 Å². The molecule has 3 rings (SSSR count). The molecule has 22 heavy (non-hydrogen) atoms. The number of likely N-dealkylation sites (tertiary alicyclic amines) is 1. The number of fused-ring (bicyclic) bond motifs is 1. The second kappa shape index (κ2) is 5.96. The third kappa shape index (κ3) is 2.66. The highest BCUT2D eigenvalue weighted by atomic mass is 16.2. The maximum Gasteiger partial charge on any atom is 0.328 e. The van der Waals surface area contributed by atoms with Crippen LogP contribution in [0.25, 0.3) is 11.0 Å². The lowest BCUT2D eigenvalue weighted by atomic mass is 10.1. The van der Waals surface area contributed by atoms with Gasteiger partial charge in [-0.1, -0.05) is 12.1 Å². The number of para-hydroxylation sites is 2. The van der Waals surface area contributed by atoms with Gasteiger partial charge in [-0.05, 0) is 25.0 Å². The van der Waals surface area contributed by atoms with Crippen molar-refractivity contribution in [3.8, 4) is 0 Å². The van der Waals surface area contributed by atoms with Crippen molar-refractivity contribution < 1.29 is 4.79 Å². The molecule has 1 aromatic heterocycles. The van der Waals surface area contributed by atoms with Gasteiger partial charge in [-0.15, -0.1) is 0 Å². The number of nitrogens with zero attached hydrogens (tertiary/aromatic N) is 3. The number of hydrogen-bond acceptors (Lipinski definition) is 3. The van der Waals surface area contributed by atoms with Crippen molar-refractivity contribution in [1.82, 2.24) is 14.0 Å². The smallest absolute Gasteiger partial charge is 0.328 e. The molecule has 0 unspecified atom stereocenters. The van der Waals surface area contributed by atoms with E-state index < -0.39 is 0 Å². The monoisotopic (exact) mass is 302 g/mol. The SMILES string of the molecule is Cn1c(=O)n(CCC(=O)N2CCC(N)CC2)c2ccccc21. The van der Waals surface area contributed by atoms with Crippen molar-refractivity contribution in [3.63, 3.8) is 0 Å². The van der Waals surface area contributed by atoms with Gasteiger partial charge in [0.25, 0.3) is 0 Å². The third-order valence-corrected chi connectivity index (χ3v) is 4.49. The van der Waals surface area contributed by atoms with Crippen LogP contribution < -0.4 is 11.4 Å².